The summed E-state index contributed by atoms with van der Waals surface area (Å²) in [7, 11) is 1.40. The Labute approximate surface area is 252 Å². The minimum atomic E-state index is -0.538. The highest BCUT2D eigenvalue weighted by atomic mass is 16.6. The zero-order valence-electron chi connectivity index (χ0n) is 25.7. The van der Waals surface area contributed by atoms with E-state index >= 15 is 0 Å². The van der Waals surface area contributed by atoms with E-state index in [0.29, 0.717) is 25.2 Å². The van der Waals surface area contributed by atoms with E-state index in [1.54, 1.807) is 4.90 Å². The Morgan fingerprint density at radius 1 is 1.09 bits per heavy atom. The molecule has 1 saturated heterocycles. The number of carbonyl (C=O) groups excluding carboxylic acids is 2. The molecule has 0 aliphatic carbocycles. The van der Waals surface area contributed by atoms with Crippen LogP contribution in [0.2, 0.25) is 0 Å². The molecule has 0 spiro atoms. The first-order chi connectivity index (χ1) is 20.5. The van der Waals surface area contributed by atoms with Crippen LogP contribution in [-0.2, 0) is 14.3 Å². The van der Waals surface area contributed by atoms with Gasteiger partial charge < -0.3 is 19.7 Å². The number of likely N-dealkylation sites (tertiary alicyclic amines) is 1. The van der Waals surface area contributed by atoms with Crippen molar-refractivity contribution in [1.29, 1.82) is 5.26 Å². The first kappa shape index (κ1) is 29.9. The lowest BCUT2D eigenvalue weighted by molar-refractivity contribution is -0.144. The summed E-state index contributed by atoms with van der Waals surface area (Å²) in [5.41, 5.74) is 4.78. The lowest BCUT2D eigenvalue weighted by Gasteiger charge is -2.34. The van der Waals surface area contributed by atoms with E-state index in [9.17, 15) is 14.9 Å². The Morgan fingerprint density at radius 2 is 1.79 bits per heavy atom. The Kier molecular flexibility index (Phi) is 8.32. The molecule has 1 aliphatic heterocycles. The van der Waals surface area contributed by atoms with Crippen LogP contribution in [-0.4, -0.2) is 58.9 Å². The zero-order valence-corrected chi connectivity index (χ0v) is 25.7. The zero-order chi connectivity index (χ0) is 30.9. The lowest BCUT2D eigenvalue weighted by Crippen LogP contribution is -2.41. The fourth-order valence-electron chi connectivity index (χ4n) is 5.92. The molecule has 9 heteroatoms. The smallest absolute Gasteiger partial charge is 0.410 e. The maximum Gasteiger partial charge on any atom is 0.410 e. The molecule has 2 heterocycles. The fraction of sp³-hybridized carbons (Fsp3) is 0.412. The van der Waals surface area contributed by atoms with E-state index < -0.39 is 5.60 Å². The highest BCUT2D eigenvalue weighted by molar-refractivity contribution is 5.98. The van der Waals surface area contributed by atoms with Crippen LogP contribution in [0.15, 0.2) is 48.5 Å². The van der Waals surface area contributed by atoms with Gasteiger partial charge in [-0.1, -0.05) is 37.3 Å². The predicted molar refractivity (Wildman–Crippen MR) is 167 cm³/mol. The van der Waals surface area contributed by atoms with E-state index in [1.807, 2.05) is 71.0 Å². The van der Waals surface area contributed by atoms with Crippen molar-refractivity contribution in [2.75, 3.05) is 32.1 Å². The van der Waals surface area contributed by atoms with Crippen molar-refractivity contribution in [1.82, 2.24) is 14.5 Å². The molecule has 9 nitrogen and oxygen atoms in total. The number of nitrogens with one attached hydrogen (secondary N) is 1. The molecule has 0 saturated carbocycles. The molecule has 1 fully saturated rings. The van der Waals surface area contributed by atoms with Crippen molar-refractivity contribution in [2.24, 2.45) is 5.92 Å². The number of imidazole rings is 1. The van der Waals surface area contributed by atoms with E-state index in [0.717, 1.165) is 57.4 Å². The van der Waals surface area contributed by atoms with Crippen LogP contribution in [0.4, 0.5) is 10.5 Å². The largest absolute Gasteiger partial charge is 0.469 e. The van der Waals surface area contributed by atoms with Gasteiger partial charge in [-0.2, -0.15) is 5.26 Å². The molecule has 43 heavy (non-hydrogen) atoms. The molecule has 1 aliphatic rings. The number of benzene rings is 3. The third-order valence-corrected chi connectivity index (χ3v) is 8.06. The van der Waals surface area contributed by atoms with Crippen LogP contribution in [0.25, 0.3) is 27.5 Å². The standard InChI is InChI=1S/C34H39N5O4/c1-21(32(40)42-6)20-36-30-26(23-15-17-38(18-16-23)33(41)43-34(3,4)5)12-14-29-31(30)37-22(2)39(29)28-13-11-24(19-35)25-9-7-8-10-27(25)28/h7-14,21,23,36H,15-18,20H2,1-6H3. The van der Waals surface area contributed by atoms with Gasteiger partial charge in [0.15, 0.2) is 0 Å². The fourth-order valence-corrected chi connectivity index (χ4v) is 5.92. The number of hydrogen-bond acceptors (Lipinski definition) is 7. The molecular weight excluding hydrogens is 542 g/mol. The van der Waals surface area contributed by atoms with Crippen LogP contribution < -0.4 is 5.32 Å². The molecule has 1 N–H and O–H groups in total. The number of fused-ring (bicyclic) bond motifs is 2. The topological polar surface area (TPSA) is 109 Å². The third-order valence-electron chi connectivity index (χ3n) is 8.06. The number of carbonyl (C=O) groups is 2. The number of aryl methyl sites for hydroxylation is 1. The van der Waals surface area contributed by atoms with Crippen LogP contribution >= 0.6 is 0 Å². The summed E-state index contributed by atoms with van der Waals surface area (Å²) >= 11 is 0. The maximum absolute atomic E-state index is 12.7. The second kappa shape index (κ2) is 12.0. The van der Waals surface area contributed by atoms with Crippen molar-refractivity contribution < 1.29 is 19.1 Å². The summed E-state index contributed by atoms with van der Waals surface area (Å²) in [5, 5.41) is 15.1. The number of ether oxygens (including phenoxy) is 2. The van der Waals surface area contributed by atoms with Gasteiger partial charge >= 0.3 is 12.1 Å². The van der Waals surface area contributed by atoms with Crippen molar-refractivity contribution >= 4 is 39.6 Å². The van der Waals surface area contributed by atoms with Gasteiger partial charge in [-0.05, 0) is 70.2 Å². The molecule has 1 amide bonds. The number of amides is 1. The Morgan fingerprint density at radius 3 is 2.44 bits per heavy atom. The van der Waals surface area contributed by atoms with Gasteiger partial charge in [-0.3, -0.25) is 9.36 Å². The second-order valence-corrected chi connectivity index (χ2v) is 12.2. The molecule has 1 atom stereocenters. The third kappa shape index (κ3) is 6.00. The second-order valence-electron chi connectivity index (χ2n) is 12.2. The number of piperidine rings is 1. The van der Waals surface area contributed by atoms with Gasteiger partial charge in [-0.25, -0.2) is 9.78 Å². The lowest BCUT2D eigenvalue weighted by atomic mass is 9.87. The molecule has 5 rings (SSSR count). The number of aromatic nitrogens is 2. The van der Waals surface area contributed by atoms with Gasteiger partial charge in [0.05, 0.1) is 41.6 Å². The summed E-state index contributed by atoms with van der Waals surface area (Å²) in [5.74, 6) is 0.372. The van der Waals surface area contributed by atoms with E-state index in [4.69, 9.17) is 14.5 Å². The summed E-state index contributed by atoms with van der Waals surface area (Å²) in [6.45, 7) is 11.0. The molecule has 0 bridgehead atoms. The summed E-state index contributed by atoms with van der Waals surface area (Å²) in [4.78, 5) is 31.8. The molecule has 4 aromatic rings. The molecule has 0 radical (unpaired) electrons. The normalized spacial score (nSPS) is 14.9. The van der Waals surface area contributed by atoms with Crippen molar-refractivity contribution in [3.8, 4) is 11.8 Å². The van der Waals surface area contributed by atoms with Crippen LogP contribution in [0, 0.1) is 24.2 Å². The number of anilines is 1. The van der Waals surface area contributed by atoms with E-state index in [2.05, 4.69) is 28.1 Å². The van der Waals surface area contributed by atoms with Crippen LogP contribution in [0.5, 0.6) is 0 Å². The SMILES string of the molecule is COC(=O)C(C)CNc1c(C2CCN(C(=O)OC(C)(C)C)CC2)ccc2c1nc(C)n2-c1ccc(C#N)c2ccccc12. The minimum Gasteiger partial charge on any atom is -0.469 e. The first-order valence-corrected chi connectivity index (χ1v) is 14.8. The first-order valence-electron chi connectivity index (χ1n) is 14.8. The summed E-state index contributed by atoms with van der Waals surface area (Å²) in [6, 6.07) is 18.3. The molecule has 224 valence electrons. The van der Waals surface area contributed by atoms with Crippen LogP contribution in [0.3, 0.4) is 0 Å². The molecule has 1 aromatic heterocycles. The monoisotopic (exact) mass is 581 g/mol. The molecule has 3 aromatic carbocycles. The Balaban J connectivity index is 1.56. The van der Waals surface area contributed by atoms with Gasteiger partial charge in [0.2, 0.25) is 0 Å². The van der Waals surface area contributed by atoms with Gasteiger partial charge in [-0.15, -0.1) is 0 Å². The minimum absolute atomic E-state index is 0.195. The Bertz CT molecular complexity index is 1720. The van der Waals surface area contributed by atoms with Crippen molar-refractivity contribution in [2.45, 2.75) is 59.0 Å². The average Bonchev–Trinajstić information content (AvgIpc) is 3.33. The molecular formula is C34H39N5O4. The molecule has 1 unspecified atom stereocenters. The van der Waals surface area contributed by atoms with Gasteiger partial charge in [0.1, 0.15) is 16.9 Å². The van der Waals surface area contributed by atoms with Gasteiger partial charge in [0.25, 0.3) is 0 Å². The maximum atomic E-state index is 12.7. The number of methoxy groups -OCH3 is 1. The van der Waals surface area contributed by atoms with E-state index in [-0.39, 0.29) is 23.9 Å². The Hall–Kier alpha value is -4.58. The predicted octanol–water partition coefficient (Wildman–Crippen LogP) is 6.69. The highest BCUT2D eigenvalue weighted by Crippen LogP contribution is 2.39. The summed E-state index contributed by atoms with van der Waals surface area (Å²) in [6.07, 6.45) is 1.29. The number of nitriles is 1. The average molecular weight is 582 g/mol. The number of nitrogens with zero attached hydrogens (tertiary/aromatic N) is 4. The quantitative estimate of drug-likeness (QED) is 0.253. The number of hydrogen-bond donors (Lipinski definition) is 1. The van der Waals surface area contributed by atoms with Crippen LogP contribution in [0.1, 0.15) is 63.4 Å². The van der Waals surface area contributed by atoms with Gasteiger partial charge in [0, 0.05) is 30.4 Å². The van der Waals surface area contributed by atoms with Crippen molar-refractivity contribution in [3.05, 3.63) is 65.5 Å². The highest BCUT2D eigenvalue weighted by Gasteiger charge is 2.30. The number of rotatable bonds is 6. The number of esters is 1. The van der Waals surface area contributed by atoms with Crippen molar-refractivity contribution in [3.63, 3.8) is 0 Å². The summed E-state index contributed by atoms with van der Waals surface area (Å²) < 4.78 is 12.7. The van der Waals surface area contributed by atoms with E-state index in [1.165, 1.54) is 7.11 Å².